The molecule has 2 aliphatic rings. The van der Waals surface area contributed by atoms with E-state index in [1.807, 2.05) is 6.07 Å². The van der Waals surface area contributed by atoms with Gasteiger partial charge in [0.2, 0.25) is 0 Å². The number of methoxy groups -OCH3 is 1. The van der Waals surface area contributed by atoms with Crippen molar-refractivity contribution in [2.45, 2.75) is 109 Å². The molecule has 1 aliphatic carbocycles. The van der Waals surface area contributed by atoms with Crippen LogP contribution >= 0.6 is 11.3 Å². The van der Waals surface area contributed by atoms with Crippen molar-refractivity contribution in [1.29, 1.82) is 0 Å². The second kappa shape index (κ2) is 13.3. The third kappa shape index (κ3) is 8.06. The van der Waals surface area contributed by atoms with E-state index in [4.69, 9.17) is 18.6 Å². The molecule has 2 N–H and O–H groups in total. The number of anilines is 1. The van der Waals surface area contributed by atoms with E-state index >= 15 is 0 Å². The van der Waals surface area contributed by atoms with Crippen LogP contribution in [0.1, 0.15) is 81.8 Å². The van der Waals surface area contributed by atoms with Crippen LogP contribution in [0.4, 0.5) is 5.69 Å². The van der Waals surface area contributed by atoms with Gasteiger partial charge in [0, 0.05) is 24.5 Å². The third-order valence-corrected chi connectivity index (χ3v) is 13.5. The van der Waals surface area contributed by atoms with Crippen molar-refractivity contribution in [3.8, 4) is 11.8 Å². The number of esters is 1. The lowest BCUT2D eigenvalue weighted by molar-refractivity contribution is -0.147. The van der Waals surface area contributed by atoms with E-state index in [0.717, 1.165) is 42.3 Å². The maximum absolute atomic E-state index is 12.6. The van der Waals surface area contributed by atoms with Gasteiger partial charge in [-0.25, -0.2) is 4.79 Å². The van der Waals surface area contributed by atoms with Crippen molar-refractivity contribution in [2.24, 2.45) is 5.41 Å². The van der Waals surface area contributed by atoms with Gasteiger partial charge in [0.1, 0.15) is 10.5 Å². The average molecular weight is 566 g/mol. The van der Waals surface area contributed by atoms with E-state index in [1.54, 1.807) is 0 Å². The zero-order valence-electron chi connectivity index (χ0n) is 24.3. The molecule has 0 bridgehead atoms. The molecular weight excluding hydrogens is 518 g/mol. The molecule has 1 saturated carbocycles. The van der Waals surface area contributed by atoms with Crippen LogP contribution < -0.4 is 5.32 Å². The first kappa shape index (κ1) is 31.1. The maximum Gasteiger partial charge on any atom is 0.350 e. The predicted molar refractivity (Wildman–Crippen MR) is 155 cm³/mol. The molecule has 38 heavy (non-hydrogen) atoms. The highest BCUT2D eigenvalue weighted by Gasteiger charge is 2.47. The number of rotatable bonds is 11. The van der Waals surface area contributed by atoms with Gasteiger partial charge in [-0.3, -0.25) is 0 Å². The highest BCUT2D eigenvalue weighted by atomic mass is 32.1. The second-order valence-electron chi connectivity index (χ2n) is 11.7. The fourth-order valence-corrected chi connectivity index (χ4v) is 9.04. The topological polar surface area (TPSA) is 86.3 Å². The van der Waals surface area contributed by atoms with E-state index in [2.05, 4.69) is 58.7 Å². The lowest BCUT2D eigenvalue weighted by atomic mass is 9.79. The van der Waals surface area contributed by atoms with Gasteiger partial charge in [-0.2, -0.15) is 0 Å². The highest BCUT2D eigenvalue weighted by Crippen LogP contribution is 2.39. The average Bonchev–Trinajstić information content (AvgIpc) is 3.56. The molecule has 9 heteroatoms. The minimum atomic E-state index is -1.94. The van der Waals surface area contributed by atoms with Crippen LogP contribution in [0.5, 0.6) is 0 Å². The third-order valence-electron chi connectivity index (χ3n) is 7.78. The van der Waals surface area contributed by atoms with Crippen molar-refractivity contribution < 1.29 is 28.5 Å². The molecule has 2 heterocycles. The van der Waals surface area contributed by atoms with Gasteiger partial charge in [-0.1, -0.05) is 32.6 Å². The van der Waals surface area contributed by atoms with Crippen molar-refractivity contribution in [1.82, 2.24) is 0 Å². The number of carbonyl (C=O) groups excluding carboxylic acids is 1. The molecule has 7 nitrogen and oxygen atoms in total. The smallest absolute Gasteiger partial charge is 0.350 e. The molecule has 1 aliphatic heterocycles. The molecule has 4 unspecified atom stereocenters. The molecule has 0 amide bonds. The normalized spacial score (nSPS) is 26.1. The Kier molecular flexibility index (Phi) is 10.9. The van der Waals surface area contributed by atoms with Crippen molar-refractivity contribution in [3.05, 3.63) is 15.8 Å². The Hall–Kier alpha value is -1.41. The number of hydrogen-bond acceptors (Lipinski definition) is 8. The van der Waals surface area contributed by atoms with E-state index < -0.39 is 13.9 Å². The minimum absolute atomic E-state index is 0.00490. The van der Waals surface area contributed by atoms with Gasteiger partial charge >= 0.3 is 5.97 Å². The Labute approximate surface area is 234 Å². The molecule has 0 radical (unpaired) electrons. The highest BCUT2D eigenvalue weighted by molar-refractivity contribution is 7.15. The molecule has 3 rings (SSSR count). The van der Waals surface area contributed by atoms with Gasteiger partial charge in [0.05, 0.1) is 43.1 Å². The molecule has 1 aromatic heterocycles. The Balaban J connectivity index is 1.83. The Morgan fingerprint density at radius 3 is 2.53 bits per heavy atom. The molecule has 4 atom stereocenters. The lowest BCUT2D eigenvalue weighted by Gasteiger charge is -2.47. The van der Waals surface area contributed by atoms with E-state index in [-0.39, 0.29) is 36.2 Å². The summed E-state index contributed by atoms with van der Waals surface area (Å²) in [6.07, 6.45) is 2.58. The number of ether oxygens (including phenoxy) is 3. The summed E-state index contributed by atoms with van der Waals surface area (Å²) >= 11 is 1.33. The SMILES string of the molecule is CC[Si](CC)(CC)OC1CCC(Nc2cc(C#CC(C)(C)C)sc2C(=O)OC)CC1(O)COC1CCOC1. The summed E-state index contributed by atoms with van der Waals surface area (Å²) in [7, 11) is -0.544. The van der Waals surface area contributed by atoms with E-state index in [0.29, 0.717) is 30.2 Å². The van der Waals surface area contributed by atoms with E-state index in [1.165, 1.54) is 18.4 Å². The van der Waals surface area contributed by atoms with Crippen LogP contribution in [0.15, 0.2) is 6.07 Å². The zero-order valence-corrected chi connectivity index (χ0v) is 26.1. The first-order chi connectivity index (χ1) is 18.0. The molecule has 0 spiro atoms. The van der Waals surface area contributed by atoms with Gasteiger partial charge in [-0.15, -0.1) is 11.3 Å². The van der Waals surface area contributed by atoms with Crippen LogP contribution in [-0.2, 0) is 18.6 Å². The summed E-state index contributed by atoms with van der Waals surface area (Å²) in [4.78, 5) is 13.9. The number of nitrogens with one attached hydrogen (secondary N) is 1. The summed E-state index contributed by atoms with van der Waals surface area (Å²) < 4.78 is 23.6. The van der Waals surface area contributed by atoms with Gasteiger partial charge < -0.3 is 29.1 Å². The maximum atomic E-state index is 12.6. The van der Waals surface area contributed by atoms with Crippen LogP contribution in [0.25, 0.3) is 0 Å². The van der Waals surface area contributed by atoms with Gasteiger partial charge in [-0.05, 0) is 64.2 Å². The van der Waals surface area contributed by atoms with Crippen LogP contribution in [0.2, 0.25) is 18.1 Å². The zero-order chi connectivity index (χ0) is 28.0. The standard InChI is InChI=1S/C29H47NO6SSi/c1-8-38(9-2,10-3)36-25-12-11-21(18-29(25,32)20-35-22-14-16-34-19-22)30-24-17-23(13-15-28(4,5)6)37-26(24)27(31)33-7/h17,21-22,25,30,32H,8-12,14,16,18-20H2,1-7H3. The molecule has 2 fully saturated rings. The van der Waals surface area contributed by atoms with Crippen molar-refractivity contribution >= 4 is 31.3 Å². The number of carbonyl (C=O) groups is 1. The monoisotopic (exact) mass is 565 g/mol. The number of aliphatic hydroxyl groups is 1. The van der Waals surface area contributed by atoms with Crippen molar-refractivity contribution in [2.75, 3.05) is 32.2 Å². The Bertz CT molecular complexity index is 977. The Morgan fingerprint density at radius 1 is 1.24 bits per heavy atom. The molecule has 1 aromatic rings. The summed E-state index contributed by atoms with van der Waals surface area (Å²) in [5, 5.41) is 15.6. The number of hydrogen-bond donors (Lipinski definition) is 2. The Morgan fingerprint density at radius 2 is 1.95 bits per heavy atom. The summed E-state index contributed by atoms with van der Waals surface area (Å²) in [5.41, 5.74) is -0.570. The second-order valence-corrected chi connectivity index (χ2v) is 17.5. The summed E-state index contributed by atoms with van der Waals surface area (Å²) in [6, 6.07) is 4.96. The quantitative estimate of drug-likeness (QED) is 0.199. The molecule has 0 aromatic carbocycles. The first-order valence-corrected chi connectivity index (χ1v) is 17.4. The fourth-order valence-electron chi connectivity index (χ4n) is 5.21. The van der Waals surface area contributed by atoms with Crippen LogP contribution in [-0.4, -0.2) is 70.2 Å². The summed E-state index contributed by atoms with van der Waals surface area (Å²) in [5.74, 6) is 6.06. The predicted octanol–water partition coefficient (Wildman–Crippen LogP) is 5.82. The largest absolute Gasteiger partial charge is 0.465 e. The first-order valence-electron chi connectivity index (χ1n) is 14.1. The molecule has 1 saturated heterocycles. The number of thiophene rings is 1. The fraction of sp³-hybridized carbons (Fsp3) is 0.759. The van der Waals surface area contributed by atoms with Gasteiger partial charge in [0.15, 0.2) is 8.32 Å². The molecular formula is C29H47NO6SSi. The summed E-state index contributed by atoms with van der Waals surface area (Å²) in [6.45, 7) is 14.3. The van der Waals surface area contributed by atoms with Crippen LogP contribution in [0, 0.1) is 17.3 Å². The van der Waals surface area contributed by atoms with Gasteiger partial charge in [0.25, 0.3) is 0 Å². The van der Waals surface area contributed by atoms with Crippen LogP contribution in [0.3, 0.4) is 0 Å². The van der Waals surface area contributed by atoms with E-state index in [9.17, 15) is 9.90 Å². The van der Waals surface area contributed by atoms with Crippen molar-refractivity contribution in [3.63, 3.8) is 0 Å². The minimum Gasteiger partial charge on any atom is -0.465 e. The molecule has 214 valence electrons. The lowest BCUT2D eigenvalue weighted by Crippen LogP contribution is -2.58.